The Bertz CT molecular complexity index is 905. The molecule has 0 aliphatic carbocycles. The molecule has 3 rings (SSSR count). The van der Waals surface area contributed by atoms with Crippen LogP contribution in [0.5, 0.6) is 0 Å². The van der Waals surface area contributed by atoms with Gasteiger partial charge in [0, 0.05) is 23.4 Å². The summed E-state index contributed by atoms with van der Waals surface area (Å²) < 4.78 is 0. The van der Waals surface area contributed by atoms with E-state index in [1.54, 1.807) is 4.90 Å². The van der Waals surface area contributed by atoms with Gasteiger partial charge in [0.1, 0.15) is 0 Å². The smallest absolute Gasteiger partial charge is 0.259 e. The number of carbonyl (C=O) groups is 1. The average molecular weight is 325 g/mol. The van der Waals surface area contributed by atoms with Gasteiger partial charge in [-0.05, 0) is 43.3 Å². The minimum Gasteiger partial charge on any atom is -0.309 e. The van der Waals surface area contributed by atoms with Gasteiger partial charge in [0.15, 0.2) is 0 Å². The molecule has 25 heavy (non-hydrogen) atoms. The van der Waals surface area contributed by atoms with Crippen LogP contribution in [0.15, 0.2) is 84.9 Å². The standard InChI is InChI=1S/C23H19NO/c1-2-24(21-14-7-4-8-15-21)23(25)22-16-10-9-13-20(22)18-17-19-11-5-3-6-12-19/h3-16H,2H2,1H3. The van der Waals surface area contributed by atoms with E-state index < -0.39 is 0 Å². The lowest BCUT2D eigenvalue weighted by molar-refractivity contribution is 0.0988. The Labute approximate surface area is 148 Å². The molecule has 0 saturated carbocycles. The molecule has 0 unspecified atom stereocenters. The second-order valence-electron chi connectivity index (χ2n) is 5.55. The van der Waals surface area contributed by atoms with Gasteiger partial charge < -0.3 is 4.90 Å². The van der Waals surface area contributed by atoms with Crippen LogP contribution in [-0.4, -0.2) is 12.5 Å². The molecule has 0 aliphatic heterocycles. The fourth-order valence-corrected chi connectivity index (χ4v) is 2.64. The molecule has 0 spiro atoms. The minimum atomic E-state index is -0.0355. The van der Waals surface area contributed by atoms with E-state index in [0.717, 1.165) is 16.8 Å². The number of hydrogen-bond donors (Lipinski definition) is 0. The van der Waals surface area contributed by atoms with E-state index in [1.165, 1.54) is 0 Å². The van der Waals surface area contributed by atoms with Gasteiger partial charge in [0.05, 0.1) is 5.56 Å². The van der Waals surface area contributed by atoms with Crippen LogP contribution in [0.1, 0.15) is 28.4 Å². The second-order valence-corrected chi connectivity index (χ2v) is 5.55. The van der Waals surface area contributed by atoms with E-state index in [2.05, 4.69) is 11.8 Å². The summed E-state index contributed by atoms with van der Waals surface area (Å²) in [6.45, 7) is 2.58. The topological polar surface area (TPSA) is 20.3 Å². The van der Waals surface area contributed by atoms with E-state index in [9.17, 15) is 4.79 Å². The lowest BCUT2D eigenvalue weighted by atomic mass is 10.1. The summed E-state index contributed by atoms with van der Waals surface area (Å²) in [5.41, 5.74) is 3.18. The Balaban J connectivity index is 1.95. The molecule has 1 amide bonds. The van der Waals surface area contributed by atoms with Crippen molar-refractivity contribution in [3.8, 4) is 11.8 Å². The molecule has 0 heterocycles. The van der Waals surface area contributed by atoms with Crippen molar-refractivity contribution in [2.45, 2.75) is 6.92 Å². The molecule has 0 N–H and O–H groups in total. The maximum Gasteiger partial charge on any atom is 0.259 e. The zero-order valence-corrected chi connectivity index (χ0v) is 14.1. The molecule has 0 saturated heterocycles. The van der Waals surface area contributed by atoms with Crippen LogP contribution in [0, 0.1) is 11.8 Å². The van der Waals surface area contributed by atoms with E-state index in [-0.39, 0.29) is 5.91 Å². The lowest BCUT2D eigenvalue weighted by Crippen LogP contribution is -2.31. The highest BCUT2D eigenvalue weighted by Gasteiger charge is 2.18. The first kappa shape index (κ1) is 16.5. The predicted octanol–water partition coefficient (Wildman–Crippen LogP) is 4.75. The van der Waals surface area contributed by atoms with Crippen molar-refractivity contribution in [2.75, 3.05) is 11.4 Å². The van der Waals surface area contributed by atoms with Crippen LogP contribution in [-0.2, 0) is 0 Å². The molecule has 0 aliphatic rings. The molecule has 0 fully saturated rings. The van der Waals surface area contributed by atoms with Crippen LogP contribution >= 0.6 is 0 Å². The third kappa shape index (κ3) is 3.97. The summed E-state index contributed by atoms with van der Waals surface area (Å²) in [6.07, 6.45) is 0. The van der Waals surface area contributed by atoms with Crippen molar-refractivity contribution >= 4 is 11.6 Å². The van der Waals surface area contributed by atoms with Crippen molar-refractivity contribution in [3.05, 3.63) is 102 Å². The van der Waals surface area contributed by atoms with E-state index >= 15 is 0 Å². The van der Waals surface area contributed by atoms with Crippen molar-refractivity contribution in [2.24, 2.45) is 0 Å². The first-order valence-electron chi connectivity index (χ1n) is 8.32. The van der Waals surface area contributed by atoms with Crippen LogP contribution in [0.3, 0.4) is 0 Å². The summed E-state index contributed by atoms with van der Waals surface area (Å²) in [7, 11) is 0. The molecular weight excluding hydrogens is 306 g/mol. The molecule has 0 atom stereocenters. The first-order chi connectivity index (χ1) is 12.3. The van der Waals surface area contributed by atoms with Gasteiger partial charge in [-0.15, -0.1) is 0 Å². The van der Waals surface area contributed by atoms with Crippen LogP contribution in [0.2, 0.25) is 0 Å². The number of amides is 1. The van der Waals surface area contributed by atoms with Gasteiger partial charge in [0.25, 0.3) is 5.91 Å². The maximum absolute atomic E-state index is 13.1. The maximum atomic E-state index is 13.1. The van der Waals surface area contributed by atoms with Crippen molar-refractivity contribution in [1.82, 2.24) is 0 Å². The predicted molar refractivity (Wildman–Crippen MR) is 103 cm³/mol. The Hall–Kier alpha value is -3.31. The monoisotopic (exact) mass is 325 g/mol. The van der Waals surface area contributed by atoms with Crippen molar-refractivity contribution in [1.29, 1.82) is 0 Å². The molecule has 0 aromatic heterocycles. The fraction of sp³-hybridized carbons (Fsp3) is 0.0870. The second kappa shape index (κ2) is 7.99. The van der Waals surface area contributed by atoms with Crippen molar-refractivity contribution < 1.29 is 4.79 Å². The minimum absolute atomic E-state index is 0.0355. The Kier molecular flexibility index (Phi) is 5.29. The van der Waals surface area contributed by atoms with E-state index in [0.29, 0.717) is 12.1 Å². The highest BCUT2D eigenvalue weighted by Crippen LogP contribution is 2.18. The molecule has 2 nitrogen and oxygen atoms in total. The number of anilines is 1. The molecule has 2 heteroatoms. The van der Waals surface area contributed by atoms with Crippen molar-refractivity contribution in [3.63, 3.8) is 0 Å². The normalized spacial score (nSPS) is 9.80. The third-order valence-corrected chi connectivity index (χ3v) is 3.90. The Morgan fingerprint density at radius 1 is 0.800 bits per heavy atom. The first-order valence-corrected chi connectivity index (χ1v) is 8.32. The number of rotatable bonds is 3. The van der Waals surface area contributed by atoms with E-state index in [1.807, 2.05) is 91.9 Å². The Morgan fingerprint density at radius 3 is 2.08 bits per heavy atom. The lowest BCUT2D eigenvalue weighted by Gasteiger charge is -2.21. The summed E-state index contributed by atoms with van der Waals surface area (Å²) in [5.74, 6) is 6.24. The SMILES string of the molecule is CCN(C(=O)c1ccccc1C#Cc1ccccc1)c1ccccc1. The Morgan fingerprint density at radius 2 is 1.40 bits per heavy atom. The molecule has 122 valence electrons. The third-order valence-electron chi connectivity index (χ3n) is 3.90. The number of carbonyl (C=O) groups excluding carboxylic acids is 1. The summed E-state index contributed by atoms with van der Waals surface area (Å²) in [4.78, 5) is 14.8. The summed E-state index contributed by atoms with van der Waals surface area (Å²) >= 11 is 0. The van der Waals surface area contributed by atoms with Crippen LogP contribution in [0.4, 0.5) is 5.69 Å². The molecular formula is C23H19NO. The number of para-hydroxylation sites is 1. The summed E-state index contributed by atoms with van der Waals surface area (Å²) in [6, 6.07) is 27.0. The molecule has 0 radical (unpaired) electrons. The van der Waals surface area contributed by atoms with Gasteiger partial charge in [-0.25, -0.2) is 0 Å². The van der Waals surface area contributed by atoms with Crippen LogP contribution < -0.4 is 4.90 Å². The van der Waals surface area contributed by atoms with Gasteiger partial charge in [-0.1, -0.05) is 60.4 Å². The average Bonchev–Trinajstić information content (AvgIpc) is 2.69. The molecule has 0 bridgehead atoms. The van der Waals surface area contributed by atoms with Gasteiger partial charge in [0.2, 0.25) is 0 Å². The zero-order chi connectivity index (χ0) is 17.5. The van der Waals surface area contributed by atoms with Gasteiger partial charge in [-0.3, -0.25) is 4.79 Å². The quantitative estimate of drug-likeness (QED) is 0.636. The largest absolute Gasteiger partial charge is 0.309 e. The number of nitrogens with zero attached hydrogens (tertiary/aromatic N) is 1. The number of benzene rings is 3. The van der Waals surface area contributed by atoms with Gasteiger partial charge in [-0.2, -0.15) is 0 Å². The number of hydrogen-bond acceptors (Lipinski definition) is 1. The van der Waals surface area contributed by atoms with Crippen LogP contribution in [0.25, 0.3) is 0 Å². The van der Waals surface area contributed by atoms with Gasteiger partial charge >= 0.3 is 0 Å². The zero-order valence-electron chi connectivity index (χ0n) is 14.1. The molecule has 3 aromatic carbocycles. The van der Waals surface area contributed by atoms with E-state index in [4.69, 9.17) is 0 Å². The fourth-order valence-electron chi connectivity index (χ4n) is 2.64. The summed E-state index contributed by atoms with van der Waals surface area (Å²) in [5, 5.41) is 0. The highest BCUT2D eigenvalue weighted by molar-refractivity contribution is 6.07. The highest BCUT2D eigenvalue weighted by atomic mass is 16.2. The molecule has 3 aromatic rings.